The quantitative estimate of drug-likeness (QED) is 0.464. The van der Waals surface area contributed by atoms with Crippen molar-refractivity contribution in [3.63, 3.8) is 0 Å². The highest BCUT2D eigenvalue weighted by Crippen LogP contribution is 2.31. The number of likely N-dealkylation sites (N-methyl/N-ethyl adjacent to an activating group) is 2. The van der Waals surface area contributed by atoms with Crippen molar-refractivity contribution in [2.75, 3.05) is 40.3 Å². The molecule has 14 heteroatoms. The van der Waals surface area contributed by atoms with Gasteiger partial charge >= 0.3 is 6.09 Å². The van der Waals surface area contributed by atoms with Crippen LogP contribution in [-0.4, -0.2) is 91.6 Å². The lowest BCUT2D eigenvalue weighted by molar-refractivity contribution is -0.132. The van der Waals surface area contributed by atoms with Gasteiger partial charge in [0.1, 0.15) is 10.7 Å². The Morgan fingerprint density at radius 2 is 1.76 bits per heavy atom. The molecule has 0 atom stereocenters. The Kier molecular flexibility index (Phi) is 9.36. The van der Waals surface area contributed by atoms with E-state index in [1.807, 2.05) is 0 Å². The minimum atomic E-state index is -4.08. The van der Waals surface area contributed by atoms with Crippen LogP contribution in [0, 0.1) is 6.92 Å². The molecule has 3 amide bonds. The number of carbonyl (C=O) groups is 3. The van der Waals surface area contributed by atoms with E-state index in [1.54, 1.807) is 38.2 Å². The number of benzene rings is 2. The van der Waals surface area contributed by atoms with Gasteiger partial charge in [0.2, 0.25) is 21.8 Å². The molecule has 2 aromatic rings. The third-order valence-electron chi connectivity index (χ3n) is 5.91. The molecule has 1 aliphatic rings. The normalized spacial score (nSPS) is 13.4. The lowest BCUT2D eigenvalue weighted by atomic mass is 10.1. The average molecular weight is 584 g/mol. The molecule has 0 spiro atoms. The molecule has 38 heavy (non-hydrogen) atoms. The molecule has 1 aliphatic heterocycles. The van der Waals surface area contributed by atoms with Crippen molar-refractivity contribution in [1.82, 2.24) is 19.4 Å². The van der Waals surface area contributed by atoms with E-state index >= 15 is 0 Å². The van der Waals surface area contributed by atoms with Crippen LogP contribution in [0.1, 0.15) is 16.7 Å². The van der Waals surface area contributed by atoms with Gasteiger partial charge in [0.05, 0.1) is 31.2 Å². The van der Waals surface area contributed by atoms with E-state index in [-0.39, 0.29) is 28.9 Å². The average Bonchev–Trinajstić information content (AvgIpc) is 3.36. The molecule has 0 radical (unpaired) electrons. The van der Waals surface area contributed by atoms with Crippen molar-refractivity contribution in [2.45, 2.75) is 18.4 Å². The van der Waals surface area contributed by atoms with Crippen molar-refractivity contribution in [3.8, 4) is 0 Å². The summed E-state index contributed by atoms with van der Waals surface area (Å²) in [4.78, 5) is 42.9. The highest BCUT2D eigenvalue weighted by molar-refractivity contribution is 7.89. The number of hydrogen-bond acceptors (Lipinski definition) is 6. The molecule has 0 aromatic heterocycles. The first-order valence-corrected chi connectivity index (χ1v) is 13.6. The molecule has 2 aromatic carbocycles. The second-order valence-electron chi connectivity index (χ2n) is 8.61. The first-order valence-electron chi connectivity index (χ1n) is 11.4. The van der Waals surface area contributed by atoms with Crippen molar-refractivity contribution < 1.29 is 27.9 Å². The lowest BCUT2D eigenvalue weighted by Crippen LogP contribution is -2.43. The Bertz CT molecular complexity index is 1380. The van der Waals surface area contributed by atoms with Crippen LogP contribution < -0.4 is 5.32 Å². The highest BCUT2D eigenvalue weighted by atomic mass is 35.5. The van der Waals surface area contributed by atoms with Crippen LogP contribution in [0.5, 0.6) is 0 Å². The zero-order chi connectivity index (χ0) is 28.2. The summed E-state index contributed by atoms with van der Waals surface area (Å²) < 4.78 is 26.6. The Hall–Kier alpha value is -3.19. The third-order valence-corrected chi connectivity index (χ3v) is 8.76. The van der Waals surface area contributed by atoms with Crippen LogP contribution in [-0.2, 0) is 26.2 Å². The third kappa shape index (κ3) is 6.62. The molecule has 204 valence electrons. The Balaban J connectivity index is 1.52. The Labute approximate surface area is 230 Å². The number of hydrogen-bond donors (Lipinski definition) is 2. The Morgan fingerprint density at radius 3 is 2.39 bits per heavy atom. The predicted octanol–water partition coefficient (Wildman–Crippen LogP) is 2.44. The van der Waals surface area contributed by atoms with Gasteiger partial charge in [0.25, 0.3) is 0 Å². The summed E-state index contributed by atoms with van der Waals surface area (Å²) in [5, 5.41) is 12.0. The lowest BCUT2D eigenvalue weighted by Gasteiger charge is -2.20. The minimum absolute atomic E-state index is 0.0231. The van der Waals surface area contributed by atoms with E-state index in [1.165, 1.54) is 29.0 Å². The number of nitrogens with one attached hydrogen (secondary N) is 1. The topological polar surface area (TPSA) is 140 Å². The summed E-state index contributed by atoms with van der Waals surface area (Å²) in [5.74, 6) is -0.664. The largest absolute Gasteiger partial charge is 0.465 e. The molecular weight excluding hydrogens is 557 g/mol. The molecule has 0 unspecified atom stereocenters. The summed E-state index contributed by atoms with van der Waals surface area (Å²) >= 11 is 12.1. The molecule has 0 aliphatic carbocycles. The molecular formula is C24H27Cl2N5O6S. The van der Waals surface area contributed by atoms with Crippen LogP contribution in [0.4, 0.5) is 4.79 Å². The number of aliphatic imine (C=N–C) groups is 1. The van der Waals surface area contributed by atoms with Crippen molar-refractivity contribution in [1.29, 1.82) is 0 Å². The summed E-state index contributed by atoms with van der Waals surface area (Å²) in [5.41, 5.74) is 1.85. The van der Waals surface area contributed by atoms with E-state index < -0.39 is 28.6 Å². The van der Waals surface area contributed by atoms with Gasteiger partial charge in [0.15, 0.2) is 0 Å². The van der Waals surface area contributed by atoms with Gasteiger partial charge in [-0.05, 0) is 30.2 Å². The number of nitrogens with zero attached hydrogens (tertiary/aromatic N) is 4. The van der Waals surface area contributed by atoms with Gasteiger partial charge in [-0.25, -0.2) is 13.2 Å². The van der Waals surface area contributed by atoms with Gasteiger partial charge in [-0.3, -0.25) is 19.5 Å². The van der Waals surface area contributed by atoms with Gasteiger partial charge < -0.3 is 15.3 Å². The second-order valence-corrected chi connectivity index (χ2v) is 11.4. The molecule has 3 rings (SSSR count). The fourth-order valence-corrected chi connectivity index (χ4v) is 5.56. The van der Waals surface area contributed by atoms with Gasteiger partial charge in [-0.1, -0.05) is 47.5 Å². The summed E-state index contributed by atoms with van der Waals surface area (Å²) in [6, 6.07) is 9.69. The maximum atomic E-state index is 12.9. The monoisotopic (exact) mass is 583 g/mol. The van der Waals surface area contributed by atoms with Crippen molar-refractivity contribution >= 4 is 57.0 Å². The number of carboxylic acid groups (broad SMARTS) is 1. The van der Waals surface area contributed by atoms with Gasteiger partial charge in [-0.15, -0.1) is 0 Å². The fourth-order valence-electron chi connectivity index (χ4n) is 3.66. The second kappa shape index (κ2) is 12.1. The number of amidine groups is 1. The van der Waals surface area contributed by atoms with E-state index in [2.05, 4.69) is 10.3 Å². The summed E-state index contributed by atoms with van der Waals surface area (Å²) in [6.45, 7) is 1.70. The van der Waals surface area contributed by atoms with Crippen LogP contribution in [0.15, 0.2) is 46.3 Å². The predicted molar refractivity (Wildman–Crippen MR) is 143 cm³/mol. The fraction of sp³-hybridized carbons (Fsp3) is 0.333. The SMILES string of the molecule is Cc1c(Cl)ccc(S(=O)(=O)N(C)CC(=O)NCC(=O)N(C)Cc2ccc(C3=NCCN3C(=O)O)cc2)c1Cl. The van der Waals surface area contributed by atoms with E-state index in [4.69, 9.17) is 23.2 Å². The number of rotatable bonds is 9. The standard InChI is InChI=1S/C24H27Cl2N5O6S/c1-15-18(25)8-9-19(22(15)26)38(36,37)30(3)14-20(32)28-12-21(33)29(2)13-16-4-6-17(7-5-16)23-27-10-11-31(23)24(34)35/h4-9H,10-14H2,1-3H3,(H,28,32)(H,34,35). The molecule has 2 N–H and O–H groups in total. The first-order chi connectivity index (χ1) is 17.8. The highest BCUT2D eigenvalue weighted by Gasteiger charge is 2.27. The summed E-state index contributed by atoms with van der Waals surface area (Å²) in [6.07, 6.45) is -1.06. The molecule has 11 nitrogen and oxygen atoms in total. The van der Waals surface area contributed by atoms with Crippen LogP contribution in [0.3, 0.4) is 0 Å². The zero-order valence-electron chi connectivity index (χ0n) is 20.9. The molecule has 0 saturated heterocycles. The number of carbonyl (C=O) groups excluding carboxylic acids is 2. The number of halogens is 2. The molecule has 0 fully saturated rings. The van der Waals surface area contributed by atoms with Crippen LogP contribution in [0.25, 0.3) is 0 Å². The van der Waals surface area contributed by atoms with E-state index in [0.29, 0.717) is 35.1 Å². The number of amides is 3. The maximum absolute atomic E-state index is 12.9. The van der Waals surface area contributed by atoms with Gasteiger partial charge in [-0.2, -0.15) is 4.31 Å². The molecule has 0 saturated carbocycles. The van der Waals surface area contributed by atoms with E-state index in [9.17, 15) is 27.9 Å². The summed E-state index contributed by atoms with van der Waals surface area (Å²) in [7, 11) is -1.27. The molecule has 1 heterocycles. The molecule has 0 bridgehead atoms. The first kappa shape index (κ1) is 29.4. The zero-order valence-corrected chi connectivity index (χ0v) is 23.3. The van der Waals surface area contributed by atoms with Crippen LogP contribution >= 0.6 is 23.2 Å². The van der Waals surface area contributed by atoms with E-state index in [0.717, 1.165) is 9.87 Å². The Morgan fingerprint density at radius 1 is 1.11 bits per heavy atom. The van der Waals surface area contributed by atoms with Crippen molar-refractivity contribution in [2.24, 2.45) is 4.99 Å². The maximum Gasteiger partial charge on any atom is 0.413 e. The minimum Gasteiger partial charge on any atom is -0.465 e. The van der Waals surface area contributed by atoms with Crippen LogP contribution in [0.2, 0.25) is 10.0 Å². The van der Waals surface area contributed by atoms with Gasteiger partial charge in [0, 0.05) is 31.2 Å². The van der Waals surface area contributed by atoms with Crippen molar-refractivity contribution in [3.05, 3.63) is 63.1 Å². The smallest absolute Gasteiger partial charge is 0.413 e. The number of sulfonamides is 1.